The first-order valence-corrected chi connectivity index (χ1v) is 9.91. The van der Waals surface area contributed by atoms with Gasteiger partial charge in [-0.25, -0.2) is 14.5 Å². The number of amides is 5. The molecule has 0 saturated carbocycles. The highest BCUT2D eigenvalue weighted by Crippen LogP contribution is 2.38. The third-order valence-corrected chi connectivity index (χ3v) is 6.50. The van der Waals surface area contributed by atoms with Gasteiger partial charge in [-0.15, -0.1) is 0 Å². The van der Waals surface area contributed by atoms with Gasteiger partial charge >= 0.3 is 12.1 Å². The quantitative estimate of drug-likeness (QED) is 0.756. The zero-order valence-corrected chi connectivity index (χ0v) is 16.1. The fraction of sp³-hybridized carbons (Fsp3) is 0.778. The van der Waals surface area contributed by atoms with Crippen LogP contribution in [-0.2, 0) is 4.79 Å². The summed E-state index contributed by atoms with van der Waals surface area (Å²) in [4.78, 5) is 47.7. The summed E-state index contributed by atoms with van der Waals surface area (Å²) in [5, 5.41) is 5.93. The van der Waals surface area contributed by atoms with Crippen molar-refractivity contribution in [2.75, 3.05) is 13.1 Å². The summed E-state index contributed by atoms with van der Waals surface area (Å²) in [6, 6.07) is 0.0218. The maximum atomic E-state index is 13.1. The first-order chi connectivity index (χ1) is 12.9. The average molecular weight is 376 g/mol. The van der Waals surface area contributed by atoms with Crippen LogP contribution in [0.25, 0.3) is 0 Å². The zero-order valence-electron chi connectivity index (χ0n) is 16.1. The van der Waals surface area contributed by atoms with E-state index in [0.717, 1.165) is 25.7 Å². The molecule has 27 heavy (non-hydrogen) atoms. The lowest BCUT2D eigenvalue weighted by atomic mass is 9.91. The van der Waals surface area contributed by atoms with Crippen molar-refractivity contribution in [3.8, 4) is 0 Å². The lowest BCUT2D eigenvalue weighted by molar-refractivity contribution is -0.130. The fourth-order valence-electron chi connectivity index (χ4n) is 4.96. The van der Waals surface area contributed by atoms with Crippen molar-refractivity contribution in [2.24, 2.45) is 4.99 Å². The Balaban J connectivity index is 1.68. The first-order valence-electron chi connectivity index (χ1n) is 9.91. The molecular weight excluding hydrogens is 348 g/mol. The van der Waals surface area contributed by atoms with Gasteiger partial charge in [-0.1, -0.05) is 0 Å². The maximum absolute atomic E-state index is 13.1. The van der Waals surface area contributed by atoms with Crippen LogP contribution in [0.1, 0.15) is 46.5 Å². The van der Waals surface area contributed by atoms with Crippen LogP contribution < -0.4 is 10.6 Å². The lowest BCUT2D eigenvalue weighted by Crippen LogP contribution is -2.73. The van der Waals surface area contributed by atoms with Gasteiger partial charge in [0.15, 0.2) is 11.7 Å². The summed E-state index contributed by atoms with van der Waals surface area (Å²) < 4.78 is 0. The summed E-state index contributed by atoms with van der Waals surface area (Å²) in [5.41, 5.74) is -1.18. The van der Waals surface area contributed by atoms with Crippen LogP contribution in [0.5, 0.6) is 0 Å². The van der Waals surface area contributed by atoms with Crippen molar-refractivity contribution >= 4 is 24.3 Å². The minimum atomic E-state index is -1.18. The van der Waals surface area contributed by atoms with Crippen molar-refractivity contribution < 1.29 is 14.4 Å². The van der Waals surface area contributed by atoms with Crippen LogP contribution in [0.15, 0.2) is 4.99 Å². The van der Waals surface area contributed by atoms with Gasteiger partial charge in [0.1, 0.15) is 0 Å². The highest BCUT2D eigenvalue weighted by Gasteiger charge is 2.59. The molecular formula is C18H28N6O3. The molecule has 9 nitrogen and oxygen atoms in total. The molecule has 4 aliphatic heterocycles. The molecule has 2 bridgehead atoms. The third-order valence-electron chi connectivity index (χ3n) is 6.50. The highest BCUT2D eigenvalue weighted by molar-refractivity contribution is 6.09. The van der Waals surface area contributed by atoms with Crippen LogP contribution >= 0.6 is 0 Å². The Labute approximate surface area is 159 Å². The van der Waals surface area contributed by atoms with E-state index in [2.05, 4.69) is 15.6 Å². The number of aliphatic imine (C=N–C) groups is 1. The second kappa shape index (κ2) is 6.47. The summed E-state index contributed by atoms with van der Waals surface area (Å²) in [6.45, 7) is 6.44. The van der Waals surface area contributed by atoms with Gasteiger partial charge in [-0.05, 0) is 46.5 Å². The highest BCUT2D eigenvalue weighted by atomic mass is 16.2. The smallest absolute Gasteiger partial charge is 0.334 e. The number of nitrogens with one attached hydrogen (secondary N) is 2. The molecule has 3 fully saturated rings. The van der Waals surface area contributed by atoms with Gasteiger partial charge in [0.2, 0.25) is 0 Å². The molecule has 0 radical (unpaired) electrons. The molecule has 0 aliphatic carbocycles. The number of fused-ring (bicyclic) bond motifs is 3. The Morgan fingerprint density at radius 1 is 1.26 bits per heavy atom. The summed E-state index contributed by atoms with van der Waals surface area (Å²) in [6.07, 6.45) is 5.12. The molecule has 0 aromatic heterocycles. The molecule has 4 heterocycles. The monoisotopic (exact) mass is 376 g/mol. The molecule has 0 aromatic carbocycles. The first kappa shape index (κ1) is 18.2. The van der Waals surface area contributed by atoms with Crippen LogP contribution in [0.3, 0.4) is 0 Å². The molecule has 4 rings (SSSR count). The molecule has 148 valence electrons. The fourth-order valence-corrected chi connectivity index (χ4v) is 4.96. The van der Waals surface area contributed by atoms with E-state index < -0.39 is 23.6 Å². The van der Waals surface area contributed by atoms with E-state index in [4.69, 9.17) is 0 Å². The van der Waals surface area contributed by atoms with Crippen molar-refractivity contribution in [1.29, 1.82) is 0 Å². The van der Waals surface area contributed by atoms with E-state index in [9.17, 15) is 14.4 Å². The number of imide groups is 2. The van der Waals surface area contributed by atoms with Crippen molar-refractivity contribution in [1.82, 2.24) is 25.3 Å². The van der Waals surface area contributed by atoms with Crippen LogP contribution in [0.2, 0.25) is 0 Å². The minimum absolute atomic E-state index is 0.157. The molecule has 0 aromatic rings. The Kier molecular flexibility index (Phi) is 4.37. The Morgan fingerprint density at radius 3 is 2.48 bits per heavy atom. The standard InChI is InChI=1S/C18H28N6O3/c1-4-22(5-2)17(27)24-15-18(3,14(25)21-16(24)26)19-10-23(15)13-8-11-6-7-12(9-13)20-11/h10-13,15,20H,4-9H2,1-3H3,(H,21,25,26). The van der Waals surface area contributed by atoms with Gasteiger partial charge in [0, 0.05) is 31.2 Å². The zero-order chi connectivity index (χ0) is 19.3. The molecule has 4 aliphatic rings. The van der Waals surface area contributed by atoms with Crippen LogP contribution in [0.4, 0.5) is 9.59 Å². The van der Waals surface area contributed by atoms with E-state index in [0.29, 0.717) is 25.2 Å². The second-order valence-corrected chi connectivity index (χ2v) is 8.06. The van der Waals surface area contributed by atoms with Gasteiger partial charge in [0.05, 0.1) is 6.34 Å². The maximum Gasteiger partial charge on any atom is 0.334 e. The van der Waals surface area contributed by atoms with Gasteiger partial charge in [-0.3, -0.25) is 15.1 Å². The number of rotatable bonds is 3. The number of piperidine rings is 1. The molecule has 5 amide bonds. The van der Waals surface area contributed by atoms with E-state index in [1.807, 2.05) is 18.7 Å². The number of urea groups is 2. The number of carbonyl (C=O) groups excluding carboxylic acids is 3. The van der Waals surface area contributed by atoms with E-state index in [1.54, 1.807) is 18.2 Å². The molecule has 3 saturated heterocycles. The Morgan fingerprint density at radius 2 is 1.89 bits per heavy atom. The number of carbonyl (C=O) groups is 3. The predicted octanol–water partition coefficient (Wildman–Crippen LogP) is 0.712. The van der Waals surface area contributed by atoms with E-state index in [1.165, 1.54) is 4.90 Å². The third kappa shape index (κ3) is 2.70. The molecule has 4 atom stereocenters. The van der Waals surface area contributed by atoms with E-state index >= 15 is 0 Å². The molecule has 9 heteroatoms. The normalized spacial score (nSPS) is 37.4. The Bertz CT molecular complexity index is 681. The van der Waals surface area contributed by atoms with E-state index in [-0.39, 0.29) is 12.1 Å². The predicted molar refractivity (Wildman–Crippen MR) is 99.2 cm³/mol. The molecule has 4 unspecified atom stereocenters. The van der Waals surface area contributed by atoms with Crippen LogP contribution in [0, 0.1) is 0 Å². The summed E-state index contributed by atoms with van der Waals surface area (Å²) >= 11 is 0. The SMILES string of the molecule is CCN(CC)C(=O)N1C(=O)NC(=O)C2(C)N=CN(C3CC4CCC(C3)N4)C12. The van der Waals surface area contributed by atoms with Gasteiger partial charge in [0.25, 0.3) is 5.91 Å². The second-order valence-electron chi connectivity index (χ2n) is 8.06. The summed E-state index contributed by atoms with van der Waals surface area (Å²) in [7, 11) is 0. The number of nitrogens with zero attached hydrogens (tertiary/aromatic N) is 4. The van der Waals surface area contributed by atoms with Crippen LogP contribution in [-0.4, -0.2) is 81.9 Å². The summed E-state index contributed by atoms with van der Waals surface area (Å²) in [5.74, 6) is -0.447. The van der Waals surface area contributed by atoms with Crippen molar-refractivity contribution in [2.45, 2.75) is 76.3 Å². The number of hydrogen-bond acceptors (Lipinski definition) is 6. The lowest BCUT2D eigenvalue weighted by Gasteiger charge is -2.48. The van der Waals surface area contributed by atoms with Gasteiger partial charge < -0.3 is 15.1 Å². The van der Waals surface area contributed by atoms with Crippen molar-refractivity contribution in [3.63, 3.8) is 0 Å². The largest absolute Gasteiger partial charge is 0.336 e. The Hall–Kier alpha value is -2.16. The minimum Gasteiger partial charge on any atom is -0.336 e. The van der Waals surface area contributed by atoms with Gasteiger partial charge in [-0.2, -0.15) is 0 Å². The topological polar surface area (TPSA) is 97.3 Å². The molecule has 0 spiro atoms. The average Bonchev–Trinajstić information content (AvgIpc) is 3.17. The molecule has 2 N–H and O–H groups in total. The number of hydrogen-bond donors (Lipinski definition) is 2. The van der Waals surface area contributed by atoms with Crippen molar-refractivity contribution in [3.05, 3.63) is 0 Å².